The van der Waals surface area contributed by atoms with Crippen LogP contribution in [0.5, 0.6) is 11.5 Å². The van der Waals surface area contributed by atoms with Crippen LogP contribution >= 0.6 is 0 Å². The number of benzene rings is 3. The highest BCUT2D eigenvalue weighted by Crippen LogP contribution is 2.28. The maximum atomic E-state index is 11.9. The lowest BCUT2D eigenvalue weighted by Gasteiger charge is -2.12. The van der Waals surface area contributed by atoms with Gasteiger partial charge in [-0.25, -0.2) is 0 Å². The predicted octanol–water partition coefficient (Wildman–Crippen LogP) is 5.08. The van der Waals surface area contributed by atoms with E-state index in [4.69, 9.17) is 4.74 Å². The lowest BCUT2D eigenvalue weighted by atomic mass is 9.95. The van der Waals surface area contributed by atoms with Gasteiger partial charge >= 0.3 is 0 Å². The Morgan fingerprint density at radius 2 is 1.16 bits per heavy atom. The van der Waals surface area contributed by atoms with Gasteiger partial charge in [0.1, 0.15) is 11.5 Å². The molecule has 3 aromatic rings. The van der Waals surface area contributed by atoms with Crippen molar-refractivity contribution in [2.45, 2.75) is 0 Å². The molecule has 0 unspecified atom stereocenters. The molecule has 0 N–H and O–H groups in total. The minimum Gasteiger partial charge on any atom is -0.457 e. The van der Waals surface area contributed by atoms with Crippen LogP contribution in [-0.4, -0.2) is 11.6 Å². The van der Waals surface area contributed by atoms with E-state index in [0.717, 1.165) is 11.1 Å². The summed E-state index contributed by atoms with van der Waals surface area (Å²) in [5.74, 6) is 0.861. The van der Waals surface area contributed by atoms with E-state index in [9.17, 15) is 9.59 Å². The molecule has 0 aromatic heterocycles. The van der Waals surface area contributed by atoms with Crippen LogP contribution in [0.25, 0.3) is 11.1 Å². The molecule has 4 rings (SSSR count). The van der Waals surface area contributed by atoms with Crippen LogP contribution in [0.3, 0.4) is 0 Å². The first kappa shape index (κ1) is 15.1. The summed E-state index contributed by atoms with van der Waals surface area (Å²) >= 11 is 0. The lowest BCUT2D eigenvalue weighted by Crippen LogP contribution is -2.11. The normalized spacial score (nSPS) is 12.8. The standard InChI is InChI=1S/C22H14O3/c23-21-12-13-22(24)20-14-18(10-11-19(20)21)25-17-8-6-16(7-9-17)15-4-2-1-3-5-15/h1-14H. The van der Waals surface area contributed by atoms with Crippen molar-refractivity contribution in [1.82, 2.24) is 0 Å². The molecular weight excluding hydrogens is 312 g/mol. The van der Waals surface area contributed by atoms with E-state index < -0.39 is 0 Å². The monoisotopic (exact) mass is 326 g/mol. The highest BCUT2D eigenvalue weighted by molar-refractivity contribution is 6.22. The van der Waals surface area contributed by atoms with Gasteiger partial charge in [-0.05, 0) is 53.6 Å². The van der Waals surface area contributed by atoms with E-state index in [1.807, 2.05) is 42.5 Å². The molecule has 1 aliphatic rings. The third-order valence-corrected chi connectivity index (χ3v) is 4.11. The smallest absolute Gasteiger partial charge is 0.186 e. The van der Waals surface area contributed by atoms with Crippen molar-refractivity contribution in [2.75, 3.05) is 0 Å². The molecule has 0 fully saturated rings. The van der Waals surface area contributed by atoms with E-state index in [0.29, 0.717) is 22.6 Å². The van der Waals surface area contributed by atoms with E-state index in [-0.39, 0.29) is 11.6 Å². The number of ether oxygens (including phenoxy) is 1. The third kappa shape index (κ3) is 3.00. The molecule has 0 spiro atoms. The second kappa shape index (κ2) is 6.21. The number of ketones is 2. The Morgan fingerprint density at radius 1 is 0.560 bits per heavy atom. The van der Waals surface area contributed by atoms with Crippen LogP contribution in [0.1, 0.15) is 20.7 Å². The minimum atomic E-state index is -0.181. The zero-order chi connectivity index (χ0) is 17.2. The van der Waals surface area contributed by atoms with Crippen LogP contribution in [0.4, 0.5) is 0 Å². The summed E-state index contributed by atoms with van der Waals surface area (Å²) in [6.07, 6.45) is 2.59. The second-order valence-electron chi connectivity index (χ2n) is 5.76. The Kier molecular flexibility index (Phi) is 3.75. The van der Waals surface area contributed by atoms with Gasteiger partial charge < -0.3 is 4.74 Å². The topological polar surface area (TPSA) is 43.4 Å². The number of fused-ring (bicyclic) bond motifs is 1. The summed E-state index contributed by atoms with van der Waals surface area (Å²) in [4.78, 5) is 23.7. The molecule has 0 amide bonds. The summed E-state index contributed by atoms with van der Waals surface area (Å²) < 4.78 is 5.83. The third-order valence-electron chi connectivity index (χ3n) is 4.11. The first-order valence-electron chi connectivity index (χ1n) is 7.95. The van der Waals surface area contributed by atoms with Crippen molar-refractivity contribution in [3.8, 4) is 22.6 Å². The molecule has 3 heteroatoms. The predicted molar refractivity (Wildman–Crippen MR) is 96.2 cm³/mol. The summed E-state index contributed by atoms with van der Waals surface area (Å²) in [6, 6.07) is 22.8. The molecule has 120 valence electrons. The van der Waals surface area contributed by atoms with Gasteiger partial charge in [0.05, 0.1) is 0 Å². The Labute approximate surface area is 145 Å². The molecule has 0 heterocycles. The van der Waals surface area contributed by atoms with Gasteiger partial charge in [0.15, 0.2) is 11.6 Å². The molecule has 0 radical (unpaired) electrons. The highest BCUT2D eigenvalue weighted by Gasteiger charge is 2.19. The number of carbonyl (C=O) groups is 2. The van der Waals surface area contributed by atoms with Crippen molar-refractivity contribution in [3.63, 3.8) is 0 Å². The SMILES string of the molecule is O=C1C=CC(=O)c2cc(Oc3ccc(-c4ccccc4)cc3)ccc21. The van der Waals surface area contributed by atoms with Gasteiger partial charge in [0.2, 0.25) is 0 Å². The van der Waals surface area contributed by atoms with Crippen LogP contribution in [0.2, 0.25) is 0 Å². The second-order valence-corrected chi connectivity index (χ2v) is 5.76. The van der Waals surface area contributed by atoms with E-state index in [1.165, 1.54) is 12.2 Å². The van der Waals surface area contributed by atoms with Gasteiger partial charge in [-0.3, -0.25) is 9.59 Å². The van der Waals surface area contributed by atoms with Crippen molar-refractivity contribution < 1.29 is 14.3 Å². The molecule has 3 aromatic carbocycles. The van der Waals surface area contributed by atoms with Gasteiger partial charge in [-0.15, -0.1) is 0 Å². The first-order chi connectivity index (χ1) is 12.2. The Balaban J connectivity index is 1.58. The number of hydrogen-bond donors (Lipinski definition) is 0. The van der Waals surface area contributed by atoms with Crippen molar-refractivity contribution in [3.05, 3.63) is 96.1 Å². The summed E-state index contributed by atoms with van der Waals surface area (Å²) in [6.45, 7) is 0. The lowest BCUT2D eigenvalue weighted by molar-refractivity contribution is 0.0994. The average Bonchev–Trinajstić information content (AvgIpc) is 2.66. The molecule has 0 bridgehead atoms. The molecule has 25 heavy (non-hydrogen) atoms. The van der Waals surface area contributed by atoms with Gasteiger partial charge in [-0.1, -0.05) is 42.5 Å². The van der Waals surface area contributed by atoms with E-state index in [2.05, 4.69) is 12.1 Å². The zero-order valence-corrected chi connectivity index (χ0v) is 13.3. The van der Waals surface area contributed by atoms with Crippen molar-refractivity contribution >= 4 is 11.6 Å². The summed E-state index contributed by atoms with van der Waals surface area (Å²) in [5, 5.41) is 0. The number of carbonyl (C=O) groups excluding carboxylic acids is 2. The van der Waals surface area contributed by atoms with Crippen molar-refractivity contribution in [2.24, 2.45) is 0 Å². The first-order valence-corrected chi connectivity index (χ1v) is 7.95. The molecule has 3 nitrogen and oxygen atoms in total. The largest absolute Gasteiger partial charge is 0.457 e. The summed E-state index contributed by atoms with van der Waals surface area (Å²) in [5.41, 5.74) is 3.04. The quantitative estimate of drug-likeness (QED) is 0.674. The number of allylic oxidation sites excluding steroid dienone is 2. The van der Waals surface area contributed by atoms with E-state index >= 15 is 0 Å². The van der Waals surface area contributed by atoms with Crippen LogP contribution in [0, 0.1) is 0 Å². The Morgan fingerprint density at radius 3 is 1.88 bits per heavy atom. The molecule has 1 aliphatic carbocycles. The molecule has 0 atom stereocenters. The van der Waals surface area contributed by atoms with Gasteiger partial charge in [-0.2, -0.15) is 0 Å². The van der Waals surface area contributed by atoms with Gasteiger partial charge in [0.25, 0.3) is 0 Å². The fourth-order valence-corrected chi connectivity index (χ4v) is 2.82. The van der Waals surface area contributed by atoms with Crippen molar-refractivity contribution in [1.29, 1.82) is 0 Å². The molecule has 0 aliphatic heterocycles. The fraction of sp³-hybridized carbons (Fsp3) is 0. The molecule has 0 saturated carbocycles. The van der Waals surface area contributed by atoms with Gasteiger partial charge in [0, 0.05) is 11.1 Å². The zero-order valence-electron chi connectivity index (χ0n) is 13.3. The van der Waals surface area contributed by atoms with Crippen LogP contribution < -0.4 is 4.74 Å². The fourth-order valence-electron chi connectivity index (χ4n) is 2.82. The van der Waals surface area contributed by atoms with Crippen LogP contribution in [-0.2, 0) is 0 Å². The molecular formula is C22H14O3. The Hall–Kier alpha value is -3.46. The summed E-state index contributed by atoms with van der Waals surface area (Å²) in [7, 11) is 0. The van der Waals surface area contributed by atoms with E-state index in [1.54, 1.807) is 18.2 Å². The highest BCUT2D eigenvalue weighted by atomic mass is 16.5. The minimum absolute atomic E-state index is 0.159. The van der Waals surface area contributed by atoms with Crippen LogP contribution in [0.15, 0.2) is 84.9 Å². The number of rotatable bonds is 3. The average molecular weight is 326 g/mol. The maximum Gasteiger partial charge on any atom is 0.186 e. The maximum absolute atomic E-state index is 11.9. The Bertz CT molecular complexity index is 984. The molecule has 0 saturated heterocycles. The number of hydrogen-bond acceptors (Lipinski definition) is 3.